The first kappa shape index (κ1) is 23.7. The predicted molar refractivity (Wildman–Crippen MR) is 113 cm³/mol. The molecule has 2 N–H and O–H groups in total. The molecule has 0 radical (unpaired) electrons. The van der Waals surface area contributed by atoms with Gasteiger partial charge in [-0.15, -0.1) is 0 Å². The first-order valence-electron chi connectivity index (χ1n) is 9.69. The SMILES string of the molecule is O=C(NCCN(C(=O)Nc1cccc(C(F)(F)F)c1)c1ccc(F)cc1)c1ccccc1F. The van der Waals surface area contributed by atoms with E-state index in [1.807, 2.05) is 0 Å². The second kappa shape index (κ2) is 10.1. The molecule has 0 aliphatic rings. The molecule has 5 nitrogen and oxygen atoms in total. The number of carbonyl (C=O) groups excluding carboxylic acids is 2. The van der Waals surface area contributed by atoms with Crippen molar-refractivity contribution in [1.82, 2.24) is 5.32 Å². The molecular weight excluding hydrogens is 445 g/mol. The first-order chi connectivity index (χ1) is 15.6. The molecule has 0 fully saturated rings. The molecule has 3 aromatic carbocycles. The van der Waals surface area contributed by atoms with Gasteiger partial charge in [-0.3, -0.25) is 9.69 Å². The maximum atomic E-state index is 13.8. The summed E-state index contributed by atoms with van der Waals surface area (Å²) < 4.78 is 65.9. The third-order valence-corrected chi connectivity index (χ3v) is 4.56. The quantitative estimate of drug-likeness (QED) is 0.478. The Hall–Kier alpha value is -3.95. The monoisotopic (exact) mass is 463 g/mol. The number of hydrogen-bond acceptors (Lipinski definition) is 2. The molecule has 0 aliphatic heterocycles. The Bertz CT molecular complexity index is 1130. The summed E-state index contributed by atoms with van der Waals surface area (Å²) >= 11 is 0. The van der Waals surface area contributed by atoms with Crippen molar-refractivity contribution in [1.29, 1.82) is 0 Å². The number of nitrogens with zero attached hydrogens (tertiary/aromatic N) is 1. The van der Waals surface area contributed by atoms with Crippen molar-refractivity contribution in [2.75, 3.05) is 23.3 Å². The van der Waals surface area contributed by atoms with Gasteiger partial charge >= 0.3 is 12.2 Å². The minimum atomic E-state index is -4.59. The minimum Gasteiger partial charge on any atom is -0.350 e. The lowest BCUT2D eigenvalue weighted by molar-refractivity contribution is -0.137. The molecule has 0 bridgehead atoms. The summed E-state index contributed by atoms with van der Waals surface area (Å²) in [5, 5.41) is 4.84. The van der Waals surface area contributed by atoms with Crippen molar-refractivity contribution in [2.24, 2.45) is 0 Å². The van der Waals surface area contributed by atoms with Gasteiger partial charge in [0.2, 0.25) is 0 Å². The highest BCUT2D eigenvalue weighted by Gasteiger charge is 2.30. The number of amides is 3. The fraction of sp³-hybridized carbons (Fsp3) is 0.130. The topological polar surface area (TPSA) is 61.4 Å². The zero-order valence-electron chi connectivity index (χ0n) is 17.0. The summed E-state index contributed by atoms with van der Waals surface area (Å²) in [7, 11) is 0. The fourth-order valence-electron chi connectivity index (χ4n) is 2.95. The van der Waals surface area contributed by atoms with Crippen LogP contribution in [0.2, 0.25) is 0 Å². The number of alkyl halides is 3. The van der Waals surface area contributed by atoms with Gasteiger partial charge in [-0.2, -0.15) is 13.2 Å². The van der Waals surface area contributed by atoms with Crippen molar-refractivity contribution in [2.45, 2.75) is 6.18 Å². The Labute approximate surface area is 185 Å². The van der Waals surface area contributed by atoms with Crippen LogP contribution in [0.15, 0.2) is 72.8 Å². The first-order valence-corrected chi connectivity index (χ1v) is 9.69. The van der Waals surface area contributed by atoms with E-state index in [9.17, 15) is 31.5 Å². The van der Waals surface area contributed by atoms with E-state index in [1.54, 1.807) is 0 Å². The molecule has 0 saturated heterocycles. The van der Waals surface area contributed by atoms with Gasteiger partial charge in [-0.1, -0.05) is 18.2 Å². The highest BCUT2D eigenvalue weighted by molar-refractivity contribution is 6.02. The summed E-state index contributed by atoms with van der Waals surface area (Å²) in [5.41, 5.74) is -0.983. The molecule has 3 rings (SSSR count). The highest BCUT2D eigenvalue weighted by Crippen LogP contribution is 2.30. The van der Waals surface area contributed by atoms with Crippen LogP contribution in [0, 0.1) is 11.6 Å². The summed E-state index contributed by atoms with van der Waals surface area (Å²) in [6.07, 6.45) is -4.59. The molecular formula is C23H18F5N3O2. The Kier molecular flexibility index (Phi) is 7.27. The second-order valence-corrected chi connectivity index (χ2v) is 6.87. The molecule has 3 amide bonds. The van der Waals surface area contributed by atoms with Crippen molar-refractivity contribution in [3.05, 3.63) is 95.6 Å². The third kappa shape index (κ3) is 6.28. The standard InChI is InChI=1S/C23H18F5N3O2/c24-16-8-10-18(11-9-16)31(13-12-29-21(32)19-6-1-2-7-20(19)25)22(33)30-17-5-3-4-15(14-17)23(26,27)28/h1-11,14H,12-13H2,(H,29,32)(H,30,33). The van der Waals surface area contributed by atoms with Crippen molar-refractivity contribution < 1.29 is 31.5 Å². The largest absolute Gasteiger partial charge is 0.416 e. The third-order valence-electron chi connectivity index (χ3n) is 4.56. The number of halogens is 5. The van der Waals surface area contributed by atoms with Gasteiger partial charge in [0, 0.05) is 24.5 Å². The van der Waals surface area contributed by atoms with Crippen LogP contribution in [-0.2, 0) is 6.18 Å². The van der Waals surface area contributed by atoms with Crippen molar-refractivity contribution >= 4 is 23.3 Å². The molecule has 33 heavy (non-hydrogen) atoms. The smallest absolute Gasteiger partial charge is 0.350 e. The average Bonchev–Trinajstić information content (AvgIpc) is 2.77. The maximum absolute atomic E-state index is 13.8. The minimum absolute atomic E-state index is 0.0997. The normalized spacial score (nSPS) is 11.1. The lowest BCUT2D eigenvalue weighted by Gasteiger charge is -2.24. The van der Waals surface area contributed by atoms with Gasteiger partial charge in [-0.05, 0) is 54.6 Å². The summed E-state index contributed by atoms with van der Waals surface area (Å²) in [6, 6.07) is 13.4. The highest BCUT2D eigenvalue weighted by atomic mass is 19.4. The Morgan fingerprint density at radius 2 is 1.58 bits per heavy atom. The van der Waals surface area contributed by atoms with Crippen molar-refractivity contribution in [3.63, 3.8) is 0 Å². The number of nitrogens with one attached hydrogen (secondary N) is 2. The van der Waals surface area contributed by atoms with Crippen LogP contribution in [0.3, 0.4) is 0 Å². The molecule has 172 valence electrons. The van der Waals surface area contributed by atoms with E-state index >= 15 is 0 Å². The summed E-state index contributed by atoms with van der Waals surface area (Å²) in [4.78, 5) is 26.1. The number of benzene rings is 3. The van der Waals surface area contributed by atoms with E-state index in [0.717, 1.165) is 41.3 Å². The Balaban J connectivity index is 1.74. The van der Waals surface area contributed by atoms with E-state index in [4.69, 9.17) is 0 Å². The van der Waals surface area contributed by atoms with Crippen LogP contribution < -0.4 is 15.5 Å². The molecule has 0 aromatic heterocycles. The average molecular weight is 463 g/mol. The van der Waals surface area contributed by atoms with E-state index in [1.165, 1.54) is 36.4 Å². The summed E-state index contributed by atoms with van der Waals surface area (Å²) in [5.74, 6) is -1.97. The molecule has 10 heteroatoms. The Morgan fingerprint density at radius 1 is 0.879 bits per heavy atom. The van der Waals surface area contributed by atoms with Crippen molar-refractivity contribution in [3.8, 4) is 0 Å². The van der Waals surface area contributed by atoms with E-state index in [0.29, 0.717) is 0 Å². The molecule has 0 heterocycles. The zero-order valence-corrected chi connectivity index (χ0v) is 17.0. The van der Waals surface area contributed by atoms with Crippen LogP contribution in [0.1, 0.15) is 15.9 Å². The molecule has 0 saturated carbocycles. The number of rotatable bonds is 6. The van der Waals surface area contributed by atoms with Gasteiger partial charge in [0.05, 0.1) is 11.1 Å². The number of carbonyl (C=O) groups is 2. The van der Waals surface area contributed by atoms with Crippen LogP contribution >= 0.6 is 0 Å². The number of anilines is 2. The molecule has 3 aromatic rings. The van der Waals surface area contributed by atoms with Gasteiger partial charge < -0.3 is 10.6 Å². The Morgan fingerprint density at radius 3 is 2.24 bits per heavy atom. The predicted octanol–water partition coefficient (Wildman–Crippen LogP) is 5.45. The van der Waals surface area contributed by atoms with Gasteiger partial charge in [0.1, 0.15) is 11.6 Å². The van der Waals surface area contributed by atoms with Gasteiger partial charge in [0.15, 0.2) is 0 Å². The molecule has 0 atom stereocenters. The zero-order chi connectivity index (χ0) is 24.0. The fourth-order valence-corrected chi connectivity index (χ4v) is 2.95. The molecule has 0 spiro atoms. The van der Waals surface area contributed by atoms with Gasteiger partial charge in [-0.25, -0.2) is 13.6 Å². The maximum Gasteiger partial charge on any atom is 0.416 e. The molecule has 0 aliphatic carbocycles. The van der Waals surface area contributed by atoms with Crippen LogP contribution in [0.25, 0.3) is 0 Å². The van der Waals surface area contributed by atoms with E-state index in [2.05, 4.69) is 10.6 Å². The van der Waals surface area contributed by atoms with Crippen LogP contribution in [0.4, 0.5) is 38.1 Å². The van der Waals surface area contributed by atoms with E-state index in [-0.39, 0.29) is 30.0 Å². The number of urea groups is 1. The van der Waals surface area contributed by atoms with E-state index < -0.39 is 35.3 Å². The lowest BCUT2D eigenvalue weighted by Crippen LogP contribution is -2.41. The van der Waals surface area contributed by atoms with Crippen LogP contribution in [-0.4, -0.2) is 25.0 Å². The van der Waals surface area contributed by atoms with Gasteiger partial charge in [0.25, 0.3) is 5.91 Å². The lowest BCUT2D eigenvalue weighted by atomic mass is 10.2. The molecule has 0 unspecified atom stereocenters. The van der Waals surface area contributed by atoms with Crippen LogP contribution in [0.5, 0.6) is 0 Å². The number of hydrogen-bond donors (Lipinski definition) is 2. The summed E-state index contributed by atoms with van der Waals surface area (Å²) in [6.45, 7) is -0.239. The second-order valence-electron chi connectivity index (χ2n) is 6.87.